The molecule has 1 heterocycles. The highest BCUT2D eigenvalue weighted by Gasteiger charge is 2.30. The number of nitrogens with one attached hydrogen (secondary N) is 1. The van der Waals surface area contributed by atoms with Crippen LogP contribution in [-0.2, 0) is 16.9 Å². The molecule has 0 atom stereocenters. The zero-order chi connectivity index (χ0) is 14.8. The van der Waals surface area contributed by atoms with Gasteiger partial charge in [0, 0.05) is 18.3 Å². The van der Waals surface area contributed by atoms with Gasteiger partial charge in [0.2, 0.25) is 5.91 Å². The summed E-state index contributed by atoms with van der Waals surface area (Å²) in [6.07, 6.45) is 3.34. The van der Waals surface area contributed by atoms with Gasteiger partial charge in [-0.05, 0) is 35.8 Å². The summed E-state index contributed by atoms with van der Waals surface area (Å²) < 4.78 is 15.8. The van der Waals surface area contributed by atoms with Crippen molar-refractivity contribution in [2.75, 3.05) is 0 Å². The van der Waals surface area contributed by atoms with E-state index >= 15 is 0 Å². The highest BCUT2D eigenvalue weighted by Crippen LogP contribution is 2.18. The van der Waals surface area contributed by atoms with Crippen molar-refractivity contribution in [3.8, 4) is 0 Å². The van der Waals surface area contributed by atoms with Crippen molar-refractivity contribution in [2.24, 2.45) is 0 Å². The molecule has 0 aliphatic rings. The number of aromatic nitrogens is 2. The molecule has 0 radical (unpaired) electrons. The molecule has 1 N–H and O–H groups in total. The Kier molecular flexibility index (Phi) is 4.23. The minimum atomic E-state index is -0.850. The summed E-state index contributed by atoms with van der Waals surface area (Å²) in [7, 11) is 0. The van der Waals surface area contributed by atoms with Crippen LogP contribution in [0.2, 0.25) is 0 Å². The van der Waals surface area contributed by atoms with Gasteiger partial charge in [0.1, 0.15) is 11.4 Å². The van der Waals surface area contributed by atoms with Crippen LogP contribution in [0.25, 0.3) is 0 Å². The van der Waals surface area contributed by atoms with Gasteiger partial charge in [-0.2, -0.15) is 5.10 Å². The van der Waals surface area contributed by atoms with Crippen LogP contribution in [0.3, 0.4) is 0 Å². The first kappa shape index (κ1) is 14.7. The number of benzene rings is 1. The minimum Gasteiger partial charge on any atom is -0.350 e. The maximum atomic E-state index is 13.5. The zero-order valence-electron chi connectivity index (χ0n) is 11.2. The standard InChI is InChI=1S/C14H15BrFN3O/c1-14(2,19-9-11(15)8-18-19)13(20)17-7-10-5-3-4-6-12(10)16/h3-6,8-9H,7H2,1-2H3,(H,17,20). The topological polar surface area (TPSA) is 46.9 Å². The SMILES string of the molecule is CC(C)(C(=O)NCc1ccccc1F)n1cc(Br)cn1. The van der Waals surface area contributed by atoms with Gasteiger partial charge in [0.05, 0.1) is 10.7 Å². The predicted molar refractivity (Wildman–Crippen MR) is 77.5 cm³/mol. The molecule has 0 fully saturated rings. The molecule has 0 aliphatic heterocycles. The predicted octanol–water partition coefficient (Wildman–Crippen LogP) is 2.84. The summed E-state index contributed by atoms with van der Waals surface area (Å²) in [4.78, 5) is 12.2. The first-order valence-corrected chi connectivity index (χ1v) is 6.93. The lowest BCUT2D eigenvalue weighted by Crippen LogP contribution is -2.44. The van der Waals surface area contributed by atoms with E-state index in [1.165, 1.54) is 6.07 Å². The third-order valence-corrected chi connectivity index (χ3v) is 3.49. The Labute approximate surface area is 125 Å². The summed E-state index contributed by atoms with van der Waals surface area (Å²) in [5.41, 5.74) is -0.393. The van der Waals surface area contributed by atoms with E-state index in [0.717, 1.165) is 4.47 Å². The number of carbonyl (C=O) groups is 1. The number of rotatable bonds is 4. The highest BCUT2D eigenvalue weighted by molar-refractivity contribution is 9.10. The number of hydrogen-bond acceptors (Lipinski definition) is 2. The highest BCUT2D eigenvalue weighted by atomic mass is 79.9. The molecule has 2 aromatic rings. The second-order valence-electron chi connectivity index (χ2n) is 4.94. The monoisotopic (exact) mass is 339 g/mol. The molecular weight excluding hydrogens is 325 g/mol. The summed E-state index contributed by atoms with van der Waals surface area (Å²) >= 11 is 3.29. The van der Waals surface area contributed by atoms with Crippen molar-refractivity contribution in [3.05, 3.63) is 52.5 Å². The van der Waals surface area contributed by atoms with E-state index in [4.69, 9.17) is 0 Å². The molecule has 20 heavy (non-hydrogen) atoms. The van der Waals surface area contributed by atoms with Gasteiger partial charge in [0.15, 0.2) is 0 Å². The van der Waals surface area contributed by atoms with Crippen molar-refractivity contribution in [1.29, 1.82) is 0 Å². The number of hydrogen-bond donors (Lipinski definition) is 1. The lowest BCUT2D eigenvalue weighted by molar-refractivity contribution is -0.129. The fraction of sp³-hybridized carbons (Fsp3) is 0.286. The maximum Gasteiger partial charge on any atom is 0.247 e. The van der Waals surface area contributed by atoms with Crippen molar-refractivity contribution < 1.29 is 9.18 Å². The first-order chi connectivity index (χ1) is 9.41. The Morgan fingerprint density at radius 1 is 1.45 bits per heavy atom. The Morgan fingerprint density at radius 2 is 2.15 bits per heavy atom. The fourth-order valence-corrected chi connectivity index (χ4v) is 2.03. The molecule has 0 aliphatic carbocycles. The molecule has 0 unspecified atom stereocenters. The van der Waals surface area contributed by atoms with E-state index in [2.05, 4.69) is 26.3 Å². The second-order valence-corrected chi connectivity index (χ2v) is 5.85. The molecule has 2 rings (SSSR count). The number of amides is 1. The van der Waals surface area contributed by atoms with E-state index in [1.54, 1.807) is 49.1 Å². The molecule has 6 heteroatoms. The van der Waals surface area contributed by atoms with Crippen LogP contribution in [0.4, 0.5) is 4.39 Å². The lowest BCUT2D eigenvalue weighted by atomic mass is 10.0. The molecule has 1 amide bonds. The van der Waals surface area contributed by atoms with Gasteiger partial charge in [-0.3, -0.25) is 9.48 Å². The Bertz CT molecular complexity index is 624. The Balaban J connectivity index is 2.06. The van der Waals surface area contributed by atoms with Crippen molar-refractivity contribution >= 4 is 21.8 Å². The van der Waals surface area contributed by atoms with Gasteiger partial charge >= 0.3 is 0 Å². The molecule has 0 saturated heterocycles. The van der Waals surface area contributed by atoms with E-state index in [9.17, 15) is 9.18 Å². The van der Waals surface area contributed by atoms with Crippen LogP contribution in [0.5, 0.6) is 0 Å². The van der Waals surface area contributed by atoms with Gasteiger partial charge in [-0.1, -0.05) is 18.2 Å². The number of carbonyl (C=O) groups excluding carboxylic acids is 1. The van der Waals surface area contributed by atoms with Crippen LogP contribution >= 0.6 is 15.9 Å². The average molecular weight is 340 g/mol. The molecule has 0 spiro atoms. The van der Waals surface area contributed by atoms with E-state index in [-0.39, 0.29) is 18.3 Å². The molecule has 106 valence electrons. The molecule has 0 bridgehead atoms. The summed E-state index contributed by atoms with van der Waals surface area (Å²) in [5, 5.41) is 6.85. The molecular formula is C14H15BrFN3O. The van der Waals surface area contributed by atoms with Gasteiger partial charge in [-0.15, -0.1) is 0 Å². The van der Waals surface area contributed by atoms with Crippen LogP contribution in [0.15, 0.2) is 41.1 Å². The third-order valence-electron chi connectivity index (χ3n) is 3.08. The van der Waals surface area contributed by atoms with E-state index < -0.39 is 5.54 Å². The quantitative estimate of drug-likeness (QED) is 0.930. The number of halogens is 2. The normalized spacial score (nSPS) is 11.4. The smallest absolute Gasteiger partial charge is 0.247 e. The molecule has 1 aromatic heterocycles. The van der Waals surface area contributed by atoms with Crippen LogP contribution in [0, 0.1) is 5.82 Å². The fourth-order valence-electron chi connectivity index (χ4n) is 1.74. The number of nitrogens with zero attached hydrogens (tertiary/aromatic N) is 2. The largest absolute Gasteiger partial charge is 0.350 e. The third kappa shape index (κ3) is 3.07. The summed E-state index contributed by atoms with van der Waals surface area (Å²) in [5.74, 6) is -0.552. The van der Waals surface area contributed by atoms with E-state index in [1.807, 2.05) is 0 Å². The van der Waals surface area contributed by atoms with Crippen molar-refractivity contribution in [3.63, 3.8) is 0 Å². The minimum absolute atomic E-state index is 0.150. The van der Waals surface area contributed by atoms with Gasteiger partial charge in [0.25, 0.3) is 0 Å². The molecule has 0 saturated carbocycles. The van der Waals surface area contributed by atoms with Crippen LogP contribution < -0.4 is 5.32 Å². The van der Waals surface area contributed by atoms with Crippen molar-refractivity contribution in [2.45, 2.75) is 25.9 Å². The Hall–Kier alpha value is -1.69. The summed E-state index contributed by atoms with van der Waals surface area (Å²) in [6.45, 7) is 3.66. The summed E-state index contributed by atoms with van der Waals surface area (Å²) in [6, 6.07) is 6.37. The molecule has 4 nitrogen and oxygen atoms in total. The van der Waals surface area contributed by atoms with Crippen molar-refractivity contribution in [1.82, 2.24) is 15.1 Å². The second kappa shape index (κ2) is 5.75. The van der Waals surface area contributed by atoms with Crippen LogP contribution in [0.1, 0.15) is 19.4 Å². The lowest BCUT2D eigenvalue weighted by Gasteiger charge is -2.24. The average Bonchev–Trinajstić information content (AvgIpc) is 2.85. The molecule has 1 aromatic carbocycles. The first-order valence-electron chi connectivity index (χ1n) is 6.13. The zero-order valence-corrected chi connectivity index (χ0v) is 12.8. The van der Waals surface area contributed by atoms with Crippen LogP contribution in [-0.4, -0.2) is 15.7 Å². The van der Waals surface area contributed by atoms with Gasteiger partial charge in [-0.25, -0.2) is 4.39 Å². The maximum absolute atomic E-state index is 13.5. The Morgan fingerprint density at radius 3 is 2.75 bits per heavy atom. The van der Waals surface area contributed by atoms with E-state index in [0.29, 0.717) is 5.56 Å². The van der Waals surface area contributed by atoms with Gasteiger partial charge < -0.3 is 5.32 Å².